The van der Waals surface area contributed by atoms with Crippen molar-refractivity contribution in [1.82, 2.24) is 0 Å². The standard InChI is InChI=1S/C24H24ClNO7/c1-31-21(28)15-5-10-18(22(29)32-2)19(13-15)26-20(27)14-33-23(30)24(11-3-4-12-24)16-6-8-17(25)9-7-16/h5-10,13H,3-4,11-12,14H2,1-2H3,(H,26,27). The van der Waals surface area contributed by atoms with E-state index in [-0.39, 0.29) is 16.8 Å². The molecule has 1 amide bonds. The van der Waals surface area contributed by atoms with E-state index < -0.39 is 35.8 Å². The summed E-state index contributed by atoms with van der Waals surface area (Å²) >= 11 is 5.98. The fraction of sp³-hybridized carbons (Fsp3) is 0.333. The molecule has 0 radical (unpaired) electrons. The smallest absolute Gasteiger partial charge is 0.339 e. The van der Waals surface area contributed by atoms with E-state index in [1.165, 1.54) is 32.4 Å². The number of hydrogen-bond acceptors (Lipinski definition) is 7. The number of carbonyl (C=O) groups excluding carboxylic acids is 4. The first kappa shape index (κ1) is 24.3. The van der Waals surface area contributed by atoms with Gasteiger partial charge in [0.2, 0.25) is 0 Å². The highest BCUT2D eigenvalue weighted by molar-refractivity contribution is 6.30. The van der Waals surface area contributed by atoms with Crippen LogP contribution in [0.25, 0.3) is 0 Å². The third-order valence-electron chi connectivity index (χ3n) is 5.70. The van der Waals surface area contributed by atoms with Gasteiger partial charge in [0.15, 0.2) is 6.61 Å². The Bertz CT molecular complexity index is 1060. The van der Waals surface area contributed by atoms with Gasteiger partial charge in [0.1, 0.15) is 0 Å². The monoisotopic (exact) mass is 473 g/mol. The number of esters is 3. The van der Waals surface area contributed by atoms with Crippen LogP contribution in [0.1, 0.15) is 52.0 Å². The Labute approximate surface area is 196 Å². The number of halogens is 1. The quantitative estimate of drug-likeness (QED) is 0.479. The number of carbonyl (C=O) groups is 4. The van der Waals surface area contributed by atoms with Crippen LogP contribution in [-0.4, -0.2) is 44.6 Å². The van der Waals surface area contributed by atoms with Crippen LogP contribution >= 0.6 is 11.6 Å². The van der Waals surface area contributed by atoms with Crippen LogP contribution in [0, 0.1) is 0 Å². The van der Waals surface area contributed by atoms with Gasteiger partial charge in [0.25, 0.3) is 5.91 Å². The van der Waals surface area contributed by atoms with E-state index in [2.05, 4.69) is 10.1 Å². The van der Waals surface area contributed by atoms with Crippen LogP contribution in [0.3, 0.4) is 0 Å². The zero-order valence-corrected chi connectivity index (χ0v) is 19.1. The molecule has 1 aliphatic rings. The molecule has 0 unspecified atom stereocenters. The van der Waals surface area contributed by atoms with Crippen LogP contribution in [0.4, 0.5) is 5.69 Å². The van der Waals surface area contributed by atoms with Crippen molar-refractivity contribution in [3.05, 3.63) is 64.2 Å². The second-order valence-electron chi connectivity index (χ2n) is 7.66. The van der Waals surface area contributed by atoms with Crippen molar-refractivity contribution < 1.29 is 33.4 Å². The molecule has 2 aromatic rings. The first-order chi connectivity index (χ1) is 15.8. The third-order valence-corrected chi connectivity index (χ3v) is 5.95. The summed E-state index contributed by atoms with van der Waals surface area (Å²) < 4.78 is 14.8. The summed E-state index contributed by atoms with van der Waals surface area (Å²) in [5.41, 5.74) is 0.184. The Morgan fingerprint density at radius 2 is 1.58 bits per heavy atom. The topological polar surface area (TPSA) is 108 Å². The molecular formula is C24H24ClNO7. The Kier molecular flexibility index (Phi) is 7.71. The molecule has 0 aliphatic heterocycles. The maximum absolute atomic E-state index is 13.0. The molecule has 3 rings (SSSR count). The Morgan fingerprint density at radius 3 is 2.18 bits per heavy atom. The molecule has 174 valence electrons. The molecule has 0 saturated heterocycles. The molecular weight excluding hydrogens is 450 g/mol. The number of methoxy groups -OCH3 is 2. The highest BCUT2D eigenvalue weighted by Crippen LogP contribution is 2.42. The summed E-state index contributed by atoms with van der Waals surface area (Å²) in [6.07, 6.45) is 2.96. The summed E-state index contributed by atoms with van der Waals surface area (Å²) in [7, 11) is 2.41. The maximum atomic E-state index is 13.0. The van der Waals surface area contributed by atoms with E-state index in [0.717, 1.165) is 18.4 Å². The lowest BCUT2D eigenvalue weighted by atomic mass is 9.79. The minimum atomic E-state index is -0.827. The first-order valence-electron chi connectivity index (χ1n) is 10.3. The van der Waals surface area contributed by atoms with Crippen molar-refractivity contribution in [2.75, 3.05) is 26.1 Å². The van der Waals surface area contributed by atoms with Crippen molar-refractivity contribution in [3.8, 4) is 0 Å². The van der Waals surface area contributed by atoms with Crippen LogP contribution < -0.4 is 5.32 Å². The molecule has 1 saturated carbocycles. The molecule has 0 bridgehead atoms. The Balaban J connectivity index is 1.74. The zero-order chi connectivity index (χ0) is 24.0. The van der Waals surface area contributed by atoms with Gasteiger partial charge in [-0.3, -0.25) is 9.59 Å². The number of amides is 1. The van der Waals surface area contributed by atoms with Gasteiger partial charge in [-0.2, -0.15) is 0 Å². The Hall–Kier alpha value is -3.39. The van der Waals surface area contributed by atoms with Crippen molar-refractivity contribution >= 4 is 41.1 Å². The van der Waals surface area contributed by atoms with Gasteiger partial charge >= 0.3 is 17.9 Å². The van der Waals surface area contributed by atoms with Gasteiger partial charge in [-0.15, -0.1) is 0 Å². The van der Waals surface area contributed by atoms with Gasteiger partial charge in [-0.05, 0) is 48.7 Å². The van der Waals surface area contributed by atoms with E-state index >= 15 is 0 Å². The molecule has 8 nitrogen and oxygen atoms in total. The lowest BCUT2D eigenvalue weighted by molar-refractivity contribution is -0.153. The fourth-order valence-electron chi connectivity index (χ4n) is 3.99. The van der Waals surface area contributed by atoms with Crippen molar-refractivity contribution in [1.29, 1.82) is 0 Å². The normalized spacial score (nSPS) is 14.3. The lowest BCUT2D eigenvalue weighted by Crippen LogP contribution is -2.36. The summed E-state index contributed by atoms with van der Waals surface area (Å²) in [6.45, 7) is -0.558. The van der Waals surface area contributed by atoms with E-state index in [0.29, 0.717) is 17.9 Å². The van der Waals surface area contributed by atoms with Crippen LogP contribution in [0.5, 0.6) is 0 Å². The number of rotatable bonds is 7. The largest absolute Gasteiger partial charge is 0.465 e. The second-order valence-corrected chi connectivity index (χ2v) is 8.10. The predicted octanol–water partition coefficient (Wildman–Crippen LogP) is 3.91. The lowest BCUT2D eigenvalue weighted by Gasteiger charge is -2.27. The van der Waals surface area contributed by atoms with E-state index in [1.807, 2.05) is 0 Å². The van der Waals surface area contributed by atoms with Gasteiger partial charge in [0.05, 0.1) is 36.4 Å². The molecule has 2 aromatic carbocycles. The molecule has 0 aromatic heterocycles. The SMILES string of the molecule is COC(=O)c1ccc(C(=O)OC)c(NC(=O)COC(=O)C2(c3ccc(Cl)cc3)CCCC2)c1. The molecule has 1 N–H and O–H groups in total. The summed E-state index contributed by atoms with van der Waals surface area (Å²) in [5, 5.41) is 3.07. The van der Waals surface area contributed by atoms with Crippen LogP contribution in [0.2, 0.25) is 5.02 Å². The minimum Gasteiger partial charge on any atom is -0.465 e. The van der Waals surface area contributed by atoms with E-state index in [4.69, 9.17) is 21.1 Å². The zero-order valence-electron chi connectivity index (χ0n) is 18.3. The highest BCUT2D eigenvalue weighted by atomic mass is 35.5. The number of anilines is 1. The van der Waals surface area contributed by atoms with Crippen molar-refractivity contribution in [2.45, 2.75) is 31.1 Å². The summed E-state index contributed by atoms with van der Waals surface area (Å²) in [4.78, 5) is 49.5. The minimum absolute atomic E-state index is 0.0401. The average Bonchev–Trinajstić information content (AvgIpc) is 3.33. The van der Waals surface area contributed by atoms with Crippen LogP contribution in [0.15, 0.2) is 42.5 Å². The average molecular weight is 474 g/mol. The van der Waals surface area contributed by atoms with Gasteiger partial charge < -0.3 is 19.5 Å². The molecule has 9 heteroatoms. The molecule has 0 heterocycles. The summed E-state index contributed by atoms with van der Waals surface area (Å²) in [6, 6.07) is 11.1. The van der Waals surface area contributed by atoms with Crippen molar-refractivity contribution in [3.63, 3.8) is 0 Å². The van der Waals surface area contributed by atoms with E-state index in [9.17, 15) is 19.2 Å². The van der Waals surface area contributed by atoms with Crippen molar-refractivity contribution in [2.24, 2.45) is 0 Å². The van der Waals surface area contributed by atoms with Gasteiger partial charge in [-0.1, -0.05) is 36.6 Å². The van der Waals surface area contributed by atoms with Gasteiger partial charge in [-0.25, -0.2) is 9.59 Å². The molecule has 1 aliphatic carbocycles. The predicted molar refractivity (Wildman–Crippen MR) is 120 cm³/mol. The van der Waals surface area contributed by atoms with E-state index in [1.54, 1.807) is 24.3 Å². The van der Waals surface area contributed by atoms with Gasteiger partial charge in [0, 0.05) is 5.02 Å². The third kappa shape index (κ3) is 5.34. The maximum Gasteiger partial charge on any atom is 0.339 e. The fourth-order valence-corrected chi connectivity index (χ4v) is 4.12. The highest BCUT2D eigenvalue weighted by Gasteiger charge is 2.44. The second kappa shape index (κ2) is 10.5. The first-order valence-corrected chi connectivity index (χ1v) is 10.7. The Morgan fingerprint density at radius 1 is 0.939 bits per heavy atom. The molecule has 1 fully saturated rings. The molecule has 0 spiro atoms. The van der Waals surface area contributed by atoms with Crippen LogP contribution in [-0.2, 0) is 29.2 Å². The summed E-state index contributed by atoms with van der Waals surface area (Å²) in [5.74, 6) is -2.50. The number of nitrogens with one attached hydrogen (secondary N) is 1. The molecule has 33 heavy (non-hydrogen) atoms. The molecule has 0 atom stereocenters. The number of hydrogen-bond donors (Lipinski definition) is 1. The number of benzene rings is 2. The number of ether oxygens (including phenoxy) is 3.